The Hall–Kier alpha value is -2.89. The number of aromatic nitrogens is 1. The molecule has 0 bridgehead atoms. The fourth-order valence-electron chi connectivity index (χ4n) is 2.07. The molecule has 2 amide bonds. The maximum Gasteiger partial charge on any atom is 0.273 e. The molecule has 1 aromatic heterocycles. The van der Waals surface area contributed by atoms with E-state index in [-0.39, 0.29) is 24.1 Å². The topological polar surface area (TPSA) is 75.4 Å². The number of hydrogen-bond acceptors (Lipinski definition) is 4. The van der Waals surface area contributed by atoms with Gasteiger partial charge in [0.2, 0.25) is 0 Å². The Bertz CT molecular complexity index is 679. The standard InChI is InChI=1S/C17H19N3O3/c1-3-10-20(17(22)13-8-6-5-7-9-13)12-14-11-15(19-23-14)16(21)18-4-2/h3,5-9,11H,1,4,10,12H2,2H3,(H,18,21). The first-order valence-corrected chi connectivity index (χ1v) is 7.34. The van der Waals surface area contributed by atoms with E-state index in [9.17, 15) is 9.59 Å². The first-order chi connectivity index (χ1) is 11.2. The predicted molar refractivity (Wildman–Crippen MR) is 85.9 cm³/mol. The lowest BCUT2D eigenvalue weighted by Gasteiger charge is -2.19. The van der Waals surface area contributed by atoms with Gasteiger partial charge in [0.15, 0.2) is 11.5 Å². The summed E-state index contributed by atoms with van der Waals surface area (Å²) in [5.74, 6) is 0.00556. The second-order valence-electron chi connectivity index (χ2n) is 4.88. The minimum Gasteiger partial charge on any atom is -0.359 e. The van der Waals surface area contributed by atoms with Gasteiger partial charge in [0, 0.05) is 24.7 Å². The van der Waals surface area contributed by atoms with Gasteiger partial charge in [-0.3, -0.25) is 9.59 Å². The van der Waals surface area contributed by atoms with Gasteiger partial charge in [-0.1, -0.05) is 29.4 Å². The molecule has 0 saturated carbocycles. The number of carbonyl (C=O) groups is 2. The molecule has 0 spiro atoms. The van der Waals surface area contributed by atoms with E-state index in [1.807, 2.05) is 13.0 Å². The Labute approximate surface area is 134 Å². The van der Waals surface area contributed by atoms with Crippen molar-refractivity contribution < 1.29 is 14.1 Å². The van der Waals surface area contributed by atoms with Crippen molar-refractivity contribution in [2.45, 2.75) is 13.5 Å². The van der Waals surface area contributed by atoms with Crippen molar-refractivity contribution in [1.82, 2.24) is 15.4 Å². The van der Waals surface area contributed by atoms with Gasteiger partial charge in [-0.2, -0.15) is 0 Å². The molecule has 2 aromatic rings. The zero-order chi connectivity index (χ0) is 16.7. The quantitative estimate of drug-likeness (QED) is 0.796. The number of amides is 2. The van der Waals surface area contributed by atoms with Crippen molar-refractivity contribution in [2.75, 3.05) is 13.1 Å². The predicted octanol–water partition coefficient (Wildman–Crippen LogP) is 2.25. The minimum absolute atomic E-state index is 0.138. The van der Waals surface area contributed by atoms with Crippen LogP contribution in [-0.2, 0) is 6.54 Å². The zero-order valence-electron chi connectivity index (χ0n) is 13.0. The van der Waals surface area contributed by atoms with Gasteiger partial charge >= 0.3 is 0 Å². The molecule has 0 unspecified atom stereocenters. The molecule has 0 aliphatic heterocycles. The summed E-state index contributed by atoms with van der Waals surface area (Å²) in [6.45, 7) is 6.58. The van der Waals surface area contributed by atoms with E-state index >= 15 is 0 Å². The fourth-order valence-corrected chi connectivity index (χ4v) is 2.07. The lowest BCUT2D eigenvalue weighted by Crippen LogP contribution is -2.30. The molecule has 1 aromatic carbocycles. The minimum atomic E-state index is -0.299. The molecule has 6 heteroatoms. The summed E-state index contributed by atoms with van der Waals surface area (Å²) in [5, 5.41) is 6.37. The molecule has 0 atom stereocenters. The van der Waals surface area contributed by atoms with Crippen LogP contribution < -0.4 is 5.32 Å². The Kier molecular flexibility index (Phi) is 5.68. The third-order valence-corrected chi connectivity index (χ3v) is 3.13. The first kappa shape index (κ1) is 16.5. The number of nitrogens with zero attached hydrogens (tertiary/aromatic N) is 2. The molecule has 2 rings (SSSR count). The smallest absolute Gasteiger partial charge is 0.273 e. The summed E-state index contributed by atoms with van der Waals surface area (Å²) in [6.07, 6.45) is 1.64. The van der Waals surface area contributed by atoms with E-state index in [1.165, 1.54) is 0 Å². The van der Waals surface area contributed by atoms with Crippen molar-refractivity contribution in [3.63, 3.8) is 0 Å². The van der Waals surface area contributed by atoms with Crippen molar-refractivity contribution >= 4 is 11.8 Å². The van der Waals surface area contributed by atoms with Gasteiger partial charge < -0.3 is 14.7 Å². The van der Waals surface area contributed by atoms with Crippen molar-refractivity contribution in [3.8, 4) is 0 Å². The lowest BCUT2D eigenvalue weighted by atomic mass is 10.2. The lowest BCUT2D eigenvalue weighted by molar-refractivity contribution is 0.0747. The molecule has 0 saturated heterocycles. The van der Waals surface area contributed by atoms with E-state index in [1.54, 1.807) is 41.3 Å². The average Bonchev–Trinajstić information content (AvgIpc) is 3.03. The van der Waals surface area contributed by atoms with E-state index in [4.69, 9.17) is 4.52 Å². The summed E-state index contributed by atoms with van der Waals surface area (Å²) in [4.78, 5) is 25.8. The summed E-state index contributed by atoms with van der Waals surface area (Å²) >= 11 is 0. The van der Waals surface area contributed by atoms with E-state index in [0.29, 0.717) is 24.4 Å². The van der Waals surface area contributed by atoms with Crippen LogP contribution in [0.1, 0.15) is 33.5 Å². The van der Waals surface area contributed by atoms with Crippen LogP contribution in [-0.4, -0.2) is 35.0 Å². The maximum atomic E-state index is 12.5. The number of nitrogens with one attached hydrogen (secondary N) is 1. The van der Waals surface area contributed by atoms with Crippen molar-refractivity contribution in [1.29, 1.82) is 0 Å². The Morgan fingerprint density at radius 2 is 2.09 bits per heavy atom. The van der Waals surface area contributed by atoms with Gasteiger partial charge in [-0.25, -0.2) is 0 Å². The van der Waals surface area contributed by atoms with Crippen molar-refractivity contribution in [2.24, 2.45) is 0 Å². The normalized spacial score (nSPS) is 10.1. The van der Waals surface area contributed by atoms with E-state index in [0.717, 1.165) is 0 Å². The van der Waals surface area contributed by atoms with Crippen LogP contribution in [0.2, 0.25) is 0 Å². The zero-order valence-corrected chi connectivity index (χ0v) is 13.0. The number of carbonyl (C=O) groups excluding carboxylic acids is 2. The molecule has 0 fully saturated rings. The van der Waals surface area contributed by atoms with Gasteiger partial charge in [-0.15, -0.1) is 6.58 Å². The van der Waals surface area contributed by atoms with E-state index in [2.05, 4.69) is 17.1 Å². The molecule has 23 heavy (non-hydrogen) atoms. The van der Waals surface area contributed by atoms with Crippen molar-refractivity contribution in [3.05, 3.63) is 66.1 Å². The average molecular weight is 313 g/mol. The molecular weight excluding hydrogens is 294 g/mol. The van der Waals surface area contributed by atoms with Gasteiger partial charge in [0.05, 0.1) is 6.54 Å². The molecule has 1 heterocycles. The van der Waals surface area contributed by atoms with Crippen LogP contribution in [0, 0.1) is 0 Å². The summed E-state index contributed by atoms with van der Waals surface area (Å²) in [6, 6.07) is 10.5. The molecule has 120 valence electrons. The monoisotopic (exact) mass is 313 g/mol. The van der Waals surface area contributed by atoms with Crippen LogP contribution >= 0.6 is 0 Å². The van der Waals surface area contributed by atoms with Gasteiger partial charge in [-0.05, 0) is 19.1 Å². The highest BCUT2D eigenvalue weighted by Crippen LogP contribution is 2.11. The second-order valence-corrected chi connectivity index (χ2v) is 4.88. The maximum absolute atomic E-state index is 12.5. The van der Waals surface area contributed by atoms with Crippen LogP contribution in [0.3, 0.4) is 0 Å². The summed E-state index contributed by atoms with van der Waals surface area (Å²) in [5.41, 5.74) is 0.783. The number of benzene rings is 1. The van der Waals surface area contributed by atoms with Crippen LogP contribution in [0.15, 0.2) is 53.6 Å². The Morgan fingerprint density at radius 1 is 1.35 bits per heavy atom. The largest absolute Gasteiger partial charge is 0.359 e. The fraction of sp³-hybridized carbons (Fsp3) is 0.235. The Balaban J connectivity index is 2.12. The van der Waals surface area contributed by atoms with Gasteiger partial charge in [0.25, 0.3) is 11.8 Å². The highest BCUT2D eigenvalue weighted by molar-refractivity contribution is 5.94. The third kappa shape index (κ3) is 4.29. The summed E-state index contributed by atoms with van der Waals surface area (Å²) < 4.78 is 5.16. The third-order valence-electron chi connectivity index (χ3n) is 3.13. The van der Waals surface area contributed by atoms with Crippen LogP contribution in [0.5, 0.6) is 0 Å². The molecule has 1 N–H and O–H groups in total. The molecule has 6 nitrogen and oxygen atoms in total. The van der Waals surface area contributed by atoms with Crippen LogP contribution in [0.25, 0.3) is 0 Å². The van der Waals surface area contributed by atoms with Gasteiger partial charge in [0.1, 0.15) is 0 Å². The SMILES string of the molecule is C=CCN(Cc1cc(C(=O)NCC)no1)C(=O)c1ccccc1. The number of rotatable bonds is 7. The first-order valence-electron chi connectivity index (χ1n) is 7.34. The highest BCUT2D eigenvalue weighted by atomic mass is 16.5. The second kappa shape index (κ2) is 7.93. The summed E-state index contributed by atoms with van der Waals surface area (Å²) in [7, 11) is 0. The molecular formula is C17H19N3O3. The van der Waals surface area contributed by atoms with E-state index < -0.39 is 0 Å². The molecule has 0 radical (unpaired) electrons. The van der Waals surface area contributed by atoms with Crippen LogP contribution in [0.4, 0.5) is 0 Å². The molecule has 0 aliphatic carbocycles. The molecule has 0 aliphatic rings. The Morgan fingerprint density at radius 3 is 2.74 bits per heavy atom. The number of hydrogen-bond donors (Lipinski definition) is 1. The highest BCUT2D eigenvalue weighted by Gasteiger charge is 2.18.